The lowest BCUT2D eigenvalue weighted by Gasteiger charge is -2.17. The smallest absolute Gasteiger partial charge is 0.255 e. The Morgan fingerprint density at radius 3 is 2.38 bits per heavy atom. The van der Waals surface area contributed by atoms with Gasteiger partial charge >= 0.3 is 0 Å². The maximum atomic E-state index is 12.6. The Labute approximate surface area is 170 Å². The number of ether oxygens (including phenoxy) is 1. The second kappa shape index (κ2) is 8.22. The standard InChI is InChI=1S/C20H23N3O5S/c1-22(2)29(26,27)18-13-15(8-11-17(18)28-3)21-20(25)14-6-9-16(10-7-14)23-12-4-5-19(23)24/h6-11,13H,4-5,12H2,1-3H3,(H,21,25). The van der Waals surface area contributed by atoms with Gasteiger partial charge in [-0.25, -0.2) is 12.7 Å². The lowest BCUT2D eigenvalue weighted by molar-refractivity contribution is -0.117. The van der Waals surface area contributed by atoms with Crippen molar-refractivity contribution in [2.75, 3.05) is 38.0 Å². The third kappa shape index (κ3) is 4.25. The number of amides is 2. The van der Waals surface area contributed by atoms with E-state index in [-0.39, 0.29) is 22.5 Å². The monoisotopic (exact) mass is 417 g/mol. The highest BCUT2D eigenvalue weighted by Gasteiger charge is 2.24. The number of nitrogens with zero attached hydrogens (tertiary/aromatic N) is 2. The van der Waals surface area contributed by atoms with E-state index in [0.29, 0.717) is 24.2 Å². The zero-order valence-corrected chi connectivity index (χ0v) is 17.3. The first-order chi connectivity index (χ1) is 13.7. The molecule has 0 radical (unpaired) electrons. The van der Waals surface area contributed by atoms with E-state index in [1.54, 1.807) is 35.2 Å². The van der Waals surface area contributed by atoms with Crippen molar-refractivity contribution >= 4 is 33.2 Å². The SMILES string of the molecule is COc1ccc(NC(=O)c2ccc(N3CCCC3=O)cc2)cc1S(=O)(=O)N(C)C. The predicted octanol–water partition coefficient (Wildman–Crippen LogP) is 2.32. The molecule has 9 heteroatoms. The van der Waals surface area contributed by atoms with Gasteiger partial charge in [0, 0.05) is 44.0 Å². The maximum absolute atomic E-state index is 12.6. The van der Waals surface area contributed by atoms with Crippen LogP contribution in [-0.4, -0.2) is 52.3 Å². The fraction of sp³-hybridized carbons (Fsp3) is 0.300. The van der Waals surface area contributed by atoms with E-state index >= 15 is 0 Å². The Morgan fingerprint density at radius 1 is 1.14 bits per heavy atom. The number of hydrogen-bond donors (Lipinski definition) is 1. The number of anilines is 2. The van der Waals surface area contributed by atoms with Gasteiger partial charge in [-0.05, 0) is 48.9 Å². The molecule has 0 bridgehead atoms. The molecule has 0 aliphatic carbocycles. The fourth-order valence-corrected chi connectivity index (χ4v) is 4.14. The molecule has 154 valence electrons. The van der Waals surface area contributed by atoms with Crippen LogP contribution < -0.4 is 15.0 Å². The summed E-state index contributed by atoms with van der Waals surface area (Å²) < 4.78 is 31.2. The van der Waals surface area contributed by atoms with Crippen molar-refractivity contribution in [1.29, 1.82) is 0 Å². The molecular formula is C20H23N3O5S. The summed E-state index contributed by atoms with van der Waals surface area (Å²) in [4.78, 5) is 26.1. The molecule has 0 atom stereocenters. The minimum Gasteiger partial charge on any atom is -0.495 e. The van der Waals surface area contributed by atoms with Gasteiger partial charge < -0.3 is 15.0 Å². The number of benzene rings is 2. The topological polar surface area (TPSA) is 96.0 Å². The summed E-state index contributed by atoms with van der Waals surface area (Å²) in [6.07, 6.45) is 1.37. The fourth-order valence-electron chi connectivity index (χ4n) is 3.07. The molecule has 2 aromatic rings. The van der Waals surface area contributed by atoms with E-state index in [1.165, 1.54) is 33.3 Å². The van der Waals surface area contributed by atoms with E-state index in [1.807, 2.05) is 0 Å². The number of carbonyl (C=O) groups is 2. The third-order valence-electron chi connectivity index (χ3n) is 4.69. The molecule has 1 heterocycles. The minimum absolute atomic E-state index is 0.0364. The van der Waals surface area contributed by atoms with E-state index < -0.39 is 10.0 Å². The quantitative estimate of drug-likeness (QED) is 0.778. The summed E-state index contributed by atoms with van der Waals surface area (Å²) in [6, 6.07) is 11.2. The van der Waals surface area contributed by atoms with Crippen molar-refractivity contribution in [3.05, 3.63) is 48.0 Å². The van der Waals surface area contributed by atoms with Crippen LogP contribution in [0.2, 0.25) is 0 Å². The van der Waals surface area contributed by atoms with Gasteiger partial charge in [-0.2, -0.15) is 0 Å². The Hall–Kier alpha value is -2.91. The van der Waals surface area contributed by atoms with Gasteiger partial charge in [-0.15, -0.1) is 0 Å². The minimum atomic E-state index is -3.74. The Morgan fingerprint density at radius 2 is 1.83 bits per heavy atom. The molecule has 1 aliphatic heterocycles. The van der Waals surface area contributed by atoms with Crippen molar-refractivity contribution in [2.24, 2.45) is 0 Å². The predicted molar refractivity (Wildman–Crippen MR) is 110 cm³/mol. The van der Waals surface area contributed by atoms with Crippen LogP contribution in [0.25, 0.3) is 0 Å². The molecule has 0 spiro atoms. The van der Waals surface area contributed by atoms with Crippen molar-refractivity contribution in [3.8, 4) is 5.75 Å². The van der Waals surface area contributed by atoms with Crippen molar-refractivity contribution in [3.63, 3.8) is 0 Å². The average Bonchev–Trinajstić information content (AvgIpc) is 3.13. The van der Waals surface area contributed by atoms with Crippen LogP contribution in [0.15, 0.2) is 47.4 Å². The molecule has 0 unspecified atom stereocenters. The van der Waals surface area contributed by atoms with Gasteiger partial charge in [0.2, 0.25) is 15.9 Å². The highest BCUT2D eigenvalue weighted by molar-refractivity contribution is 7.89. The molecule has 2 amide bonds. The first kappa shape index (κ1) is 20.8. The van der Waals surface area contributed by atoms with Crippen LogP contribution in [0.4, 0.5) is 11.4 Å². The van der Waals surface area contributed by atoms with Crippen LogP contribution in [0.3, 0.4) is 0 Å². The zero-order chi connectivity index (χ0) is 21.2. The first-order valence-electron chi connectivity index (χ1n) is 9.06. The molecule has 3 rings (SSSR count). The van der Waals surface area contributed by atoms with Crippen LogP contribution in [0.5, 0.6) is 5.75 Å². The van der Waals surface area contributed by atoms with Gasteiger partial charge in [0.1, 0.15) is 10.6 Å². The number of carbonyl (C=O) groups excluding carboxylic acids is 2. The Kier molecular flexibility index (Phi) is 5.90. The molecule has 0 aromatic heterocycles. The largest absolute Gasteiger partial charge is 0.495 e. The highest BCUT2D eigenvalue weighted by atomic mass is 32.2. The number of hydrogen-bond acceptors (Lipinski definition) is 5. The van der Waals surface area contributed by atoms with Crippen LogP contribution in [-0.2, 0) is 14.8 Å². The average molecular weight is 417 g/mol. The number of nitrogens with one attached hydrogen (secondary N) is 1. The highest BCUT2D eigenvalue weighted by Crippen LogP contribution is 2.29. The second-order valence-electron chi connectivity index (χ2n) is 6.80. The zero-order valence-electron chi connectivity index (χ0n) is 16.5. The number of methoxy groups -OCH3 is 1. The van der Waals surface area contributed by atoms with Gasteiger partial charge in [-0.3, -0.25) is 9.59 Å². The number of sulfonamides is 1. The molecule has 0 saturated carbocycles. The molecule has 1 saturated heterocycles. The van der Waals surface area contributed by atoms with E-state index in [0.717, 1.165) is 16.4 Å². The lowest BCUT2D eigenvalue weighted by atomic mass is 10.1. The Balaban J connectivity index is 1.81. The van der Waals surface area contributed by atoms with Gasteiger partial charge in [-0.1, -0.05) is 0 Å². The summed E-state index contributed by atoms with van der Waals surface area (Å²) in [5.74, 6) is -0.117. The van der Waals surface area contributed by atoms with E-state index in [2.05, 4.69) is 5.32 Å². The van der Waals surface area contributed by atoms with Crippen molar-refractivity contribution in [2.45, 2.75) is 17.7 Å². The Bertz CT molecular complexity index is 1030. The summed E-state index contributed by atoms with van der Waals surface area (Å²) in [5.41, 5.74) is 1.48. The molecule has 8 nitrogen and oxygen atoms in total. The maximum Gasteiger partial charge on any atom is 0.255 e. The van der Waals surface area contributed by atoms with Crippen molar-refractivity contribution < 1.29 is 22.7 Å². The van der Waals surface area contributed by atoms with Gasteiger partial charge in [0.15, 0.2) is 0 Å². The second-order valence-corrected chi connectivity index (χ2v) is 8.92. The summed E-state index contributed by atoms with van der Waals surface area (Å²) in [7, 11) is 0.487. The van der Waals surface area contributed by atoms with Crippen LogP contribution >= 0.6 is 0 Å². The summed E-state index contributed by atoms with van der Waals surface area (Å²) >= 11 is 0. The number of rotatable bonds is 6. The normalized spacial score (nSPS) is 14.3. The van der Waals surface area contributed by atoms with Crippen LogP contribution in [0, 0.1) is 0 Å². The summed E-state index contributed by atoms with van der Waals surface area (Å²) in [6.45, 7) is 0.680. The van der Waals surface area contributed by atoms with Gasteiger partial charge in [0.05, 0.1) is 7.11 Å². The molecule has 1 N–H and O–H groups in total. The molecular weight excluding hydrogens is 394 g/mol. The van der Waals surface area contributed by atoms with E-state index in [9.17, 15) is 18.0 Å². The molecule has 1 fully saturated rings. The van der Waals surface area contributed by atoms with E-state index in [4.69, 9.17) is 4.74 Å². The third-order valence-corrected chi connectivity index (χ3v) is 6.53. The van der Waals surface area contributed by atoms with Crippen molar-refractivity contribution in [1.82, 2.24) is 4.31 Å². The summed E-state index contributed by atoms with van der Waals surface area (Å²) in [5, 5.41) is 2.70. The first-order valence-corrected chi connectivity index (χ1v) is 10.5. The van der Waals surface area contributed by atoms with Crippen LogP contribution in [0.1, 0.15) is 23.2 Å². The lowest BCUT2D eigenvalue weighted by Crippen LogP contribution is -2.23. The molecule has 2 aromatic carbocycles. The molecule has 29 heavy (non-hydrogen) atoms. The molecule has 1 aliphatic rings. The van der Waals surface area contributed by atoms with Gasteiger partial charge in [0.25, 0.3) is 5.91 Å².